The van der Waals surface area contributed by atoms with E-state index in [1.165, 1.54) is 28.6 Å². The summed E-state index contributed by atoms with van der Waals surface area (Å²) in [6.45, 7) is 1.08. The number of sulfonamides is 1. The van der Waals surface area contributed by atoms with Gasteiger partial charge >= 0.3 is 6.18 Å². The van der Waals surface area contributed by atoms with Gasteiger partial charge in [-0.3, -0.25) is 4.79 Å². The summed E-state index contributed by atoms with van der Waals surface area (Å²) in [7, 11) is -3.37. The number of halogens is 3. The molecule has 1 N–H and O–H groups in total. The quantitative estimate of drug-likeness (QED) is 0.811. The Bertz CT molecular complexity index is 934. The summed E-state index contributed by atoms with van der Waals surface area (Å²) in [5.74, 6) is -0.623. The second-order valence-corrected chi connectivity index (χ2v) is 8.56. The van der Waals surface area contributed by atoms with Crippen molar-refractivity contribution in [3.05, 3.63) is 65.2 Å². The van der Waals surface area contributed by atoms with Crippen molar-refractivity contribution in [1.29, 1.82) is 0 Å². The molecule has 0 aromatic heterocycles. The Morgan fingerprint density at radius 2 is 1.54 bits per heavy atom. The molecule has 0 saturated carbocycles. The van der Waals surface area contributed by atoms with Crippen LogP contribution in [0.5, 0.6) is 0 Å². The van der Waals surface area contributed by atoms with Gasteiger partial charge in [0, 0.05) is 24.3 Å². The first-order valence-electron chi connectivity index (χ1n) is 8.70. The molecular formula is C19H19F3N2O3S. The largest absolute Gasteiger partial charge is 0.416 e. The fourth-order valence-corrected chi connectivity index (χ4v) is 4.58. The van der Waals surface area contributed by atoms with Crippen LogP contribution in [0.2, 0.25) is 0 Å². The van der Waals surface area contributed by atoms with Crippen LogP contribution < -0.4 is 5.32 Å². The predicted molar refractivity (Wildman–Crippen MR) is 99.3 cm³/mol. The van der Waals surface area contributed by atoms with E-state index >= 15 is 0 Å². The van der Waals surface area contributed by atoms with Crippen molar-refractivity contribution in [1.82, 2.24) is 4.31 Å². The Hall–Kier alpha value is -2.39. The molecule has 28 heavy (non-hydrogen) atoms. The Morgan fingerprint density at radius 1 is 0.964 bits per heavy atom. The van der Waals surface area contributed by atoms with Crippen molar-refractivity contribution in [2.45, 2.75) is 24.8 Å². The van der Waals surface area contributed by atoms with Crippen LogP contribution in [0.4, 0.5) is 18.9 Å². The second-order valence-electron chi connectivity index (χ2n) is 6.59. The highest BCUT2D eigenvalue weighted by Gasteiger charge is 2.30. The third kappa shape index (κ3) is 4.90. The van der Waals surface area contributed by atoms with Crippen LogP contribution in [0.25, 0.3) is 0 Å². The smallest absolute Gasteiger partial charge is 0.322 e. The molecule has 0 radical (unpaired) electrons. The maximum absolute atomic E-state index is 12.6. The monoisotopic (exact) mass is 412 g/mol. The average molecular weight is 412 g/mol. The number of nitrogens with one attached hydrogen (secondary N) is 1. The van der Waals surface area contributed by atoms with Gasteiger partial charge in [0.25, 0.3) is 5.91 Å². The minimum atomic E-state index is -4.44. The molecule has 0 aliphatic carbocycles. The Balaban J connectivity index is 1.63. The maximum Gasteiger partial charge on any atom is 0.416 e. The van der Waals surface area contributed by atoms with Crippen molar-refractivity contribution >= 4 is 21.6 Å². The standard InChI is InChI=1S/C19H19F3N2O3S/c20-19(21,22)16-7-9-17(10-8-16)23-18(25)15-5-3-14(4-6-15)13-28(26,27)24-11-1-2-12-24/h3-10H,1-2,11-13H2,(H,23,25). The number of nitrogens with zero attached hydrogens (tertiary/aromatic N) is 1. The van der Waals surface area contributed by atoms with E-state index in [0.717, 1.165) is 25.0 Å². The molecule has 0 unspecified atom stereocenters. The average Bonchev–Trinajstić information content (AvgIpc) is 3.17. The number of amides is 1. The van der Waals surface area contributed by atoms with E-state index in [0.29, 0.717) is 18.7 Å². The van der Waals surface area contributed by atoms with Crippen molar-refractivity contribution in [3.63, 3.8) is 0 Å². The topological polar surface area (TPSA) is 66.5 Å². The zero-order valence-electron chi connectivity index (χ0n) is 14.9. The SMILES string of the molecule is O=C(Nc1ccc(C(F)(F)F)cc1)c1ccc(CS(=O)(=O)N2CCCC2)cc1. The first-order chi connectivity index (χ1) is 13.1. The number of carbonyl (C=O) groups excluding carboxylic acids is 1. The highest BCUT2D eigenvalue weighted by molar-refractivity contribution is 7.88. The van der Waals surface area contributed by atoms with Gasteiger partial charge < -0.3 is 5.32 Å². The maximum atomic E-state index is 12.6. The molecule has 1 amide bonds. The molecule has 0 spiro atoms. The van der Waals surface area contributed by atoms with Gasteiger partial charge in [-0.2, -0.15) is 13.2 Å². The van der Waals surface area contributed by atoms with E-state index in [1.54, 1.807) is 12.1 Å². The Morgan fingerprint density at radius 3 is 2.07 bits per heavy atom. The van der Waals surface area contributed by atoms with Gasteiger partial charge in [0.05, 0.1) is 11.3 Å². The van der Waals surface area contributed by atoms with E-state index in [-0.39, 0.29) is 17.0 Å². The number of hydrogen-bond donors (Lipinski definition) is 1. The summed E-state index contributed by atoms with van der Waals surface area (Å²) in [6, 6.07) is 10.3. The van der Waals surface area contributed by atoms with E-state index in [1.807, 2.05) is 0 Å². The summed E-state index contributed by atoms with van der Waals surface area (Å²) < 4.78 is 63.8. The Kier molecular flexibility index (Phi) is 5.76. The normalized spacial score (nSPS) is 15.5. The molecule has 5 nitrogen and oxygen atoms in total. The van der Waals surface area contributed by atoms with Crippen molar-refractivity contribution in [2.24, 2.45) is 0 Å². The second kappa shape index (κ2) is 7.92. The molecular weight excluding hydrogens is 393 g/mol. The van der Waals surface area contributed by atoms with Crippen LogP contribution in [0, 0.1) is 0 Å². The highest BCUT2D eigenvalue weighted by atomic mass is 32.2. The van der Waals surface area contributed by atoms with Gasteiger partial charge in [-0.1, -0.05) is 12.1 Å². The van der Waals surface area contributed by atoms with Crippen molar-refractivity contribution in [3.8, 4) is 0 Å². The van der Waals surface area contributed by atoms with E-state index in [4.69, 9.17) is 0 Å². The summed E-state index contributed by atoms with van der Waals surface area (Å²) in [4.78, 5) is 12.2. The molecule has 2 aromatic carbocycles. The summed E-state index contributed by atoms with van der Waals surface area (Å²) in [6.07, 6.45) is -2.71. The molecule has 1 saturated heterocycles. The number of benzene rings is 2. The first kappa shape index (κ1) is 20.3. The zero-order valence-corrected chi connectivity index (χ0v) is 15.7. The molecule has 2 aromatic rings. The lowest BCUT2D eigenvalue weighted by Crippen LogP contribution is -2.29. The van der Waals surface area contributed by atoms with Crippen LogP contribution in [0.3, 0.4) is 0 Å². The lowest BCUT2D eigenvalue weighted by Gasteiger charge is -2.15. The van der Waals surface area contributed by atoms with Crippen LogP contribution in [0.1, 0.15) is 34.3 Å². The minimum absolute atomic E-state index is 0.131. The van der Waals surface area contributed by atoms with Gasteiger partial charge in [-0.05, 0) is 54.8 Å². The number of carbonyl (C=O) groups is 1. The van der Waals surface area contributed by atoms with E-state index < -0.39 is 27.7 Å². The number of hydrogen-bond acceptors (Lipinski definition) is 3. The minimum Gasteiger partial charge on any atom is -0.322 e. The molecule has 9 heteroatoms. The summed E-state index contributed by atoms with van der Waals surface area (Å²) in [5, 5.41) is 2.52. The van der Waals surface area contributed by atoms with Crippen LogP contribution in [-0.2, 0) is 22.0 Å². The van der Waals surface area contributed by atoms with Gasteiger partial charge in [0.2, 0.25) is 10.0 Å². The molecule has 3 rings (SSSR count). The van der Waals surface area contributed by atoms with Crippen LogP contribution in [-0.4, -0.2) is 31.7 Å². The summed E-state index contributed by atoms with van der Waals surface area (Å²) in [5.41, 5.74) is 0.285. The molecule has 1 aliphatic heterocycles. The van der Waals surface area contributed by atoms with Crippen LogP contribution in [0.15, 0.2) is 48.5 Å². The van der Waals surface area contributed by atoms with Crippen molar-refractivity contribution in [2.75, 3.05) is 18.4 Å². The fraction of sp³-hybridized carbons (Fsp3) is 0.316. The molecule has 0 bridgehead atoms. The third-order valence-corrected chi connectivity index (χ3v) is 6.34. The Labute approximate surface area is 161 Å². The molecule has 0 atom stereocenters. The third-order valence-electron chi connectivity index (χ3n) is 4.49. The van der Waals surface area contributed by atoms with Crippen LogP contribution >= 0.6 is 0 Å². The van der Waals surface area contributed by atoms with Gasteiger partial charge in [-0.25, -0.2) is 12.7 Å². The lowest BCUT2D eigenvalue weighted by atomic mass is 10.1. The highest BCUT2D eigenvalue weighted by Crippen LogP contribution is 2.29. The van der Waals surface area contributed by atoms with Gasteiger partial charge in [0.1, 0.15) is 0 Å². The molecule has 1 heterocycles. The molecule has 1 aliphatic rings. The van der Waals surface area contributed by atoms with E-state index in [9.17, 15) is 26.4 Å². The lowest BCUT2D eigenvalue weighted by molar-refractivity contribution is -0.137. The number of alkyl halides is 3. The molecule has 150 valence electrons. The van der Waals surface area contributed by atoms with Crippen molar-refractivity contribution < 1.29 is 26.4 Å². The number of anilines is 1. The van der Waals surface area contributed by atoms with Gasteiger partial charge in [0.15, 0.2) is 0 Å². The first-order valence-corrected chi connectivity index (χ1v) is 10.3. The zero-order chi connectivity index (χ0) is 20.4. The summed E-state index contributed by atoms with van der Waals surface area (Å²) >= 11 is 0. The number of rotatable bonds is 5. The molecule has 1 fully saturated rings. The van der Waals surface area contributed by atoms with E-state index in [2.05, 4.69) is 5.32 Å². The predicted octanol–water partition coefficient (Wildman–Crippen LogP) is 3.88. The van der Waals surface area contributed by atoms with Gasteiger partial charge in [-0.15, -0.1) is 0 Å². The fourth-order valence-electron chi connectivity index (χ4n) is 2.97.